The molecule has 0 saturated heterocycles. The Labute approximate surface area is 184 Å². The van der Waals surface area contributed by atoms with Gasteiger partial charge in [-0.2, -0.15) is 0 Å². The van der Waals surface area contributed by atoms with Crippen LogP contribution >= 0.6 is 0 Å². The third-order valence-corrected chi connectivity index (χ3v) is 9.41. The molecule has 0 spiro atoms. The number of Topliss-reactive ketones (excluding diaryl/α,β-unsaturated/α-hetero) is 1. The zero-order valence-electron chi connectivity index (χ0n) is 19.2. The Bertz CT molecular complexity index is 817. The summed E-state index contributed by atoms with van der Waals surface area (Å²) in [6.45, 7) is 6.86. The van der Waals surface area contributed by atoms with Gasteiger partial charge in [-0.05, 0) is 68.1 Å². The van der Waals surface area contributed by atoms with Crippen LogP contribution in [0.5, 0.6) is 0 Å². The molecule has 4 rings (SSSR count). The van der Waals surface area contributed by atoms with Crippen molar-refractivity contribution >= 4 is 17.7 Å². The average Bonchev–Trinajstić information content (AvgIpc) is 2.98. The Morgan fingerprint density at radius 2 is 1.74 bits per heavy atom. The second-order valence-corrected chi connectivity index (χ2v) is 10.8. The van der Waals surface area contributed by atoms with Crippen LogP contribution in [0.2, 0.25) is 0 Å². The van der Waals surface area contributed by atoms with Crippen molar-refractivity contribution in [2.45, 2.75) is 90.8 Å². The monoisotopic (exact) mass is 432 g/mol. The fraction of sp³-hybridized carbons (Fsp3) is 0.800. The van der Waals surface area contributed by atoms with E-state index in [4.69, 9.17) is 9.47 Å². The second-order valence-electron chi connectivity index (χ2n) is 10.8. The highest BCUT2D eigenvalue weighted by Gasteiger charge is 2.66. The third-order valence-electron chi connectivity index (χ3n) is 9.41. The Morgan fingerprint density at radius 1 is 1.03 bits per heavy atom. The molecular formula is C25H36O6. The summed E-state index contributed by atoms with van der Waals surface area (Å²) in [6, 6.07) is 0. The molecular weight excluding hydrogens is 396 g/mol. The van der Waals surface area contributed by atoms with Gasteiger partial charge in [0.05, 0.1) is 0 Å². The maximum atomic E-state index is 12.9. The van der Waals surface area contributed by atoms with Crippen LogP contribution < -0.4 is 0 Å². The fourth-order valence-corrected chi connectivity index (χ4v) is 7.72. The predicted octanol–water partition coefficient (Wildman–Crippen LogP) is 3.74. The summed E-state index contributed by atoms with van der Waals surface area (Å²) in [5.74, 6) is 0.176. The minimum atomic E-state index is -1.42. The van der Waals surface area contributed by atoms with Crippen LogP contribution in [0.4, 0.5) is 0 Å². The van der Waals surface area contributed by atoms with E-state index in [1.807, 2.05) is 0 Å². The van der Waals surface area contributed by atoms with Crippen LogP contribution in [0.15, 0.2) is 11.6 Å². The first kappa shape index (κ1) is 22.5. The lowest BCUT2D eigenvalue weighted by atomic mass is 9.46. The van der Waals surface area contributed by atoms with Gasteiger partial charge in [0.1, 0.15) is 11.7 Å². The number of fused-ring (bicyclic) bond motifs is 5. The molecule has 0 aromatic rings. The molecule has 0 aromatic carbocycles. The van der Waals surface area contributed by atoms with Crippen LogP contribution in [0.1, 0.15) is 79.1 Å². The summed E-state index contributed by atoms with van der Waals surface area (Å²) in [4.78, 5) is 35.5. The van der Waals surface area contributed by atoms with Crippen LogP contribution in [-0.4, -0.2) is 41.1 Å². The van der Waals surface area contributed by atoms with Crippen molar-refractivity contribution in [3.05, 3.63) is 11.6 Å². The summed E-state index contributed by atoms with van der Waals surface area (Å²) in [7, 11) is 0. The molecule has 0 radical (unpaired) electrons. The van der Waals surface area contributed by atoms with Gasteiger partial charge in [0.15, 0.2) is 6.61 Å². The Balaban J connectivity index is 1.56. The highest BCUT2D eigenvalue weighted by Crippen LogP contribution is 2.67. The molecule has 0 bridgehead atoms. The summed E-state index contributed by atoms with van der Waals surface area (Å²) in [6.07, 6.45) is 9.08. The Kier molecular flexibility index (Phi) is 5.60. The topological polar surface area (TPSA) is 89.9 Å². The predicted molar refractivity (Wildman–Crippen MR) is 114 cm³/mol. The van der Waals surface area contributed by atoms with E-state index < -0.39 is 17.0 Å². The van der Waals surface area contributed by atoms with Gasteiger partial charge in [-0.15, -0.1) is 0 Å². The van der Waals surface area contributed by atoms with E-state index in [0.717, 1.165) is 44.9 Å². The third kappa shape index (κ3) is 3.46. The van der Waals surface area contributed by atoms with E-state index in [-0.39, 0.29) is 35.8 Å². The van der Waals surface area contributed by atoms with Gasteiger partial charge >= 0.3 is 11.9 Å². The Hall–Kier alpha value is -1.69. The smallest absolute Gasteiger partial charge is 0.303 e. The Morgan fingerprint density at radius 3 is 2.42 bits per heavy atom. The SMILES string of the molecule is CC(=O)OCC(=O)[C@@]1(O)CC[C@H]2[C@@H]3CC=C4C[C@@H](OC(C)=O)CC[C@]4(C)[C@H]3CC[C@@]21C. The largest absolute Gasteiger partial charge is 0.462 e. The van der Waals surface area contributed by atoms with Crippen molar-refractivity contribution in [3.63, 3.8) is 0 Å². The first-order chi connectivity index (χ1) is 14.5. The lowest BCUT2D eigenvalue weighted by Crippen LogP contribution is -2.58. The molecule has 3 fully saturated rings. The van der Waals surface area contributed by atoms with E-state index in [1.165, 1.54) is 19.4 Å². The fourth-order valence-electron chi connectivity index (χ4n) is 7.72. The number of hydrogen-bond donors (Lipinski definition) is 1. The molecule has 4 aliphatic rings. The summed E-state index contributed by atoms with van der Waals surface area (Å²) < 4.78 is 10.5. The number of allylic oxidation sites excluding steroid dienone is 1. The van der Waals surface area contributed by atoms with Crippen LogP contribution in [0.25, 0.3) is 0 Å². The molecule has 0 unspecified atom stereocenters. The minimum Gasteiger partial charge on any atom is -0.462 e. The number of carbonyl (C=O) groups excluding carboxylic acids is 3. The number of hydrogen-bond acceptors (Lipinski definition) is 6. The second kappa shape index (κ2) is 7.72. The highest BCUT2D eigenvalue weighted by atomic mass is 16.5. The van der Waals surface area contributed by atoms with E-state index in [2.05, 4.69) is 19.9 Å². The van der Waals surface area contributed by atoms with E-state index in [0.29, 0.717) is 18.3 Å². The normalized spacial score (nSPS) is 43.7. The van der Waals surface area contributed by atoms with Crippen molar-refractivity contribution in [2.24, 2.45) is 28.6 Å². The molecule has 1 N–H and O–H groups in total. The van der Waals surface area contributed by atoms with Gasteiger partial charge in [-0.3, -0.25) is 14.4 Å². The number of ketones is 1. The molecule has 0 aliphatic heterocycles. The maximum Gasteiger partial charge on any atom is 0.303 e. The van der Waals surface area contributed by atoms with Gasteiger partial charge in [0.25, 0.3) is 0 Å². The molecule has 4 aliphatic carbocycles. The summed E-state index contributed by atoms with van der Waals surface area (Å²) in [5.41, 5.74) is -0.379. The minimum absolute atomic E-state index is 0.0160. The zero-order chi connectivity index (χ0) is 22.6. The lowest BCUT2D eigenvalue weighted by molar-refractivity contribution is -0.169. The van der Waals surface area contributed by atoms with Crippen molar-refractivity contribution in [2.75, 3.05) is 6.61 Å². The molecule has 6 heteroatoms. The molecule has 6 nitrogen and oxygen atoms in total. The number of rotatable bonds is 4. The average molecular weight is 433 g/mol. The van der Waals surface area contributed by atoms with Gasteiger partial charge < -0.3 is 14.6 Å². The number of carbonyl (C=O) groups is 3. The standard InChI is InChI=1S/C25H36O6/c1-15(26)30-14-22(28)25(29)12-9-21-19-6-5-17-13-18(31-16(2)27)7-10-23(17,3)20(19)8-11-24(21,25)4/h5,18-21,29H,6-14H2,1-4H3/t18-,19+,20-,21-,23-,24-,25-/m0/s1. The van der Waals surface area contributed by atoms with E-state index >= 15 is 0 Å². The van der Waals surface area contributed by atoms with Crippen molar-refractivity contribution < 1.29 is 29.0 Å². The molecule has 0 aromatic heterocycles. The van der Waals surface area contributed by atoms with Crippen molar-refractivity contribution in [1.82, 2.24) is 0 Å². The molecule has 7 atom stereocenters. The van der Waals surface area contributed by atoms with Crippen LogP contribution in [0, 0.1) is 28.6 Å². The quantitative estimate of drug-likeness (QED) is 0.538. The molecule has 0 amide bonds. The summed E-state index contributed by atoms with van der Waals surface area (Å²) >= 11 is 0. The maximum absolute atomic E-state index is 12.9. The molecule has 31 heavy (non-hydrogen) atoms. The first-order valence-corrected chi connectivity index (χ1v) is 11.8. The number of aliphatic hydroxyl groups is 1. The highest BCUT2D eigenvalue weighted by molar-refractivity contribution is 5.90. The van der Waals surface area contributed by atoms with Crippen molar-refractivity contribution in [1.29, 1.82) is 0 Å². The van der Waals surface area contributed by atoms with Gasteiger partial charge in [-0.25, -0.2) is 0 Å². The van der Waals surface area contributed by atoms with Crippen LogP contribution in [-0.2, 0) is 23.9 Å². The molecule has 3 saturated carbocycles. The van der Waals surface area contributed by atoms with Crippen LogP contribution in [0.3, 0.4) is 0 Å². The van der Waals surface area contributed by atoms with Gasteiger partial charge in [-0.1, -0.05) is 25.5 Å². The van der Waals surface area contributed by atoms with Gasteiger partial charge in [0.2, 0.25) is 5.78 Å². The lowest BCUT2D eigenvalue weighted by Gasteiger charge is -2.58. The molecule has 172 valence electrons. The van der Waals surface area contributed by atoms with E-state index in [9.17, 15) is 19.5 Å². The number of esters is 2. The van der Waals surface area contributed by atoms with Crippen molar-refractivity contribution in [3.8, 4) is 0 Å². The first-order valence-electron chi connectivity index (χ1n) is 11.8. The molecule has 0 heterocycles. The number of ether oxygens (including phenoxy) is 2. The summed E-state index contributed by atoms with van der Waals surface area (Å²) in [5, 5.41) is 11.5. The van der Waals surface area contributed by atoms with Gasteiger partial charge in [0, 0.05) is 25.7 Å². The van der Waals surface area contributed by atoms with E-state index in [1.54, 1.807) is 0 Å². The zero-order valence-corrected chi connectivity index (χ0v) is 19.2.